The van der Waals surface area contributed by atoms with Crippen molar-refractivity contribution >= 4 is 15.7 Å². The molecular weight excluding hydrogens is 393 g/mol. The molecule has 0 bridgehead atoms. The van der Waals surface area contributed by atoms with Gasteiger partial charge in [0, 0.05) is 5.69 Å². The quantitative estimate of drug-likeness (QED) is 0.641. The van der Waals surface area contributed by atoms with Crippen LogP contribution >= 0.6 is 0 Å². The van der Waals surface area contributed by atoms with E-state index in [0.717, 1.165) is 21.3 Å². The summed E-state index contributed by atoms with van der Waals surface area (Å²) in [5.41, 5.74) is 2.90. The van der Waals surface area contributed by atoms with Crippen LogP contribution in [0.5, 0.6) is 0 Å². The van der Waals surface area contributed by atoms with E-state index in [4.69, 9.17) is 0 Å². The normalized spacial score (nSPS) is 12.7. The molecule has 0 radical (unpaired) electrons. The summed E-state index contributed by atoms with van der Waals surface area (Å²) in [6.45, 7) is 5.53. The van der Waals surface area contributed by atoms with Gasteiger partial charge in [-0.15, -0.1) is 0 Å². The second-order valence-electron chi connectivity index (χ2n) is 7.09. The lowest BCUT2D eigenvalue weighted by Gasteiger charge is -2.27. The van der Waals surface area contributed by atoms with Gasteiger partial charge in [0.25, 0.3) is 10.0 Å². The highest BCUT2D eigenvalue weighted by molar-refractivity contribution is 7.92. The number of aromatic nitrogens is 2. The number of rotatable bonds is 7. The standard InChI is InChI=1S/C21H24FN3O3S/c1-15-4-10-21(11-5-15)29(27,28)25(19-8-6-18(22)7-9-19)14-20(26)13-24-17(3)12-16(2)23-24/h4-12,20,26H,13-14H2,1-3H3/t20-/m1/s1. The molecule has 0 saturated carbocycles. The van der Waals surface area contributed by atoms with Gasteiger partial charge in [-0.2, -0.15) is 5.10 Å². The Morgan fingerprint density at radius 3 is 2.24 bits per heavy atom. The molecule has 3 rings (SSSR count). The van der Waals surface area contributed by atoms with Crippen LogP contribution in [0, 0.1) is 26.6 Å². The molecule has 1 heterocycles. The molecule has 0 spiro atoms. The molecule has 29 heavy (non-hydrogen) atoms. The summed E-state index contributed by atoms with van der Waals surface area (Å²) in [5, 5.41) is 14.9. The maximum Gasteiger partial charge on any atom is 0.264 e. The molecule has 0 amide bonds. The second kappa shape index (κ2) is 8.34. The predicted octanol–water partition coefficient (Wildman–Crippen LogP) is 3.20. The molecule has 6 nitrogen and oxygen atoms in total. The molecule has 0 aliphatic rings. The number of anilines is 1. The van der Waals surface area contributed by atoms with Crippen molar-refractivity contribution in [1.29, 1.82) is 0 Å². The van der Waals surface area contributed by atoms with Crippen LogP contribution < -0.4 is 4.31 Å². The summed E-state index contributed by atoms with van der Waals surface area (Å²) >= 11 is 0. The summed E-state index contributed by atoms with van der Waals surface area (Å²) in [4.78, 5) is 0.103. The molecule has 0 unspecified atom stereocenters. The molecule has 0 aliphatic heterocycles. The van der Waals surface area contributed by atoms with Crippen molar-refractivity contribution in [3.63, 3.8) is 0 Å². The Morgan fingerprint density at radius 2 is 1.69 bits per heavy atom. The lowest BCUT2D eigenvalue weighted by molar-refractivity contribution is 0.157. The molecule has 2 aromatic carbocycles. The Balaban J connectivity index is 1.93. The van der Waals surface area contributed by atoms with E-state index in [-0.39, 0.29) is 23.7 Å². The molecular formula is C21H24FN3O3S. The minimum atomic E-state index is -3.95. The van der Waals surface area contributed by atoms with Gasteiger partial charge in [-0.25, -0.2) is 12.8 Å². The zero-order valence-electron chi connectivity index (χ0n) is 16.6. The number of sulfonamides is 1. The van der Waals surface area contributed by atoms with E-state index in [2.05, 4.69) is 5.10 Å². The van der Waals surface area contributed by atoms with Crippen LogP contribution in [0.1, 0.15) is 17.0 Å². The third kappa shape index (κ3) is 4.83. The summed E-state index contributed by atoms with van der Waals surface area (Å²) in [7, 11) is -3.95. The minimum Gasteiger partial charge on any atom is -0.389 e. The van der Waals surface area contributed by atoms with Crippen LogP contribution in [0.3, 0.4) is 0 Å². The zero-order chi connectivity index (χ0) is 21.2. The van der Waals surface area contributed by atoms with Gasteiger partial charge in [0.2, 0.25) is 0 Å². The van der Waals surface area contributed by atoms with Crippen LogP contribution in [0.15, 0.2) is 59.5 Å². The number of aliphatic hydroxyl groups excluding tert-OH is 1. The largest absolute Gasteiger partial charge is 0.389 e. The van der Waals surface area contributed by atoms with Gasteiger partial charge in [-0.05, 0) is 63.2 Å². The number of hydrogen-bond donors (Lipinski definition) is 1. The average molecular weight is 418 g/mol. The Kier molecular flexibility index (Phi) is 6.04. The third-order valence-corrected chi connectivity index (χ3v) is 6.40. The van der Waals surface area contributed by atoms with Crippen molar-refractivity contribution < 1.29 is 17.9 Å². The van der Waals surface area contributed by atoms with Gasteiger partial charge < -0.3 is 5.11 Å². The monoisotopic (exact) mass is 417 g/mol. The maximum atomic E-state index is 13.4. The number of nitrogens with zero attached hydrogens (tertiary/aromatic N) is 3. The van der Waals surface area contributed by atoms with Gasteiger partial charge in [0.1, 0.15) is 5.82 Å². The first-order chi connectivity index (χ1) is 13.7. The lowest BCUT2D eigenvalue weighted by atomic mass is 10.2. The van der Waals surface area contributed by atoms with Crippen LogP contribution in [0.25, 0.3) is 0 Å². The number of aliphatic hydroxyl groups is 1. The topological polar surface area (TPSA) is 75.4 Å². The summed E-state index contributed by atoms with van der Waals surface area (Å²) < 4.78 is 42.7. The van der Waals surface area contributed by atoms with Gasteiger partial charge in [-0.3, -0.25) is 8.99 Å². The highest BCUT2D eigenvalue weighted by Gasteiger charge is 2.27. The Hall–Kier alpha value is -2.71. The fourth-order valence-electron chi connectivity index (χ4n) is 3.10. The number of halogens is 1. The molecule has 0 fully saturated rings. The first kappa shape index (κ1) is 21.0. The van der Waals surface area contributed by atoms with Crippen LogP contribution in [0.4, 0.5) is 10.1 Å². The van der Waals surface area contributed by atoms with E-state index in [1.807, 2.05) is 26.8 Å². The highest BCUT2D eigenvalue weighted by Crippen LogP contribution is 2.25. The molecule has 0 saturated heterocycles. The van der Waals surface area contributed by atoms with Gasteiger partial charge >= 0.3 is 0 Å². The second-order valence-corrected chi connectivity index (χ2v) is 8.95. The summed E-state index contributed by atoms with van der Waals surface area (Å²) in [6.07, 6.45) is -1.02. The molecule has 1 aromatic heterocycles. The van der Waals surface area contributed by atoms with E-state index in [0.29, 0.717) is 0 Å². The molecule has 1 atom stereocenters. The van der Waals surface area contributed by atoms with E-state index in [1.54, 1.807) is 16.8 Å². The first-order valence-electron chi connectivity index (χ1n) is 9.21. The van der Waals surface area contributed by atoms with E-state index in [9.17, 15) is 17.9 Å². The molecule has 1 N–H and O–H groups in total. The van der Waals surface area contributed by atoms with Crippen molar-refractivity contribution in [3.05, 3.63) is 77.4 Å². The number of benzene rings is 2. The van der Waals surface area contributed by atoms with Crippen molar-refractivity contribution in [1.82, 2.24) is 9.78 Å². The van der Waals surface area contributed by atoms with Crippen LogP contribution in [0.2, 0.25) is 0 Å². The number of aryl methyl sites for hydroxylation is 3. The fraction of sp³-hybridized carbons (Fsp3) is 0.286. The minimum absolute atomic E-state index is 0.103. The summed E-state index contributed by atoms with van der Waals surface area (Å²) in [6, 6.07) is 13.5. The third-order valence-electron chi connectivity index (χ3n) is 4.59. The van der Waals surface area contributed by atoms with E-state index < -0.39 is 21.9 Å². The fourth-order valence-corrected chi connectivity index (χ4v) is 4.60. The van der Waals surface area contributed by atoms with Gasteiger partial charge in [0.15, 0.2) is 0 Å². The Bertz CT molecular complexity index is 1080. The van der Waals surface area contributed by atoms with Crippen molar-refractivity contribution in [2.45, 2.75) is 38.3 Å². The van der Waals surface area contributed by atoms with Crippen LogP contribution in [-0.4, -0.2) is 36.0 Å². The van der Waals surface area contributed by atoms with Crippen molar-refractivity contribution in [3.8, 4) is 0 Å². The maximum absolute atomic E-state index is 13.4. The van der Waals surface area contributed by atoms with E-state index in [1.165, 1.54) is 36.4 Å². The SMILES string of the molecule is Cc1ccc(S(=O)(=O)N(C[C@H](O)Cn2nc(C)cc2C)c2ccc(F)cc2)cc1. The Morgan fingerprint density at radius 1 is 1.07 bits per heavy atom. The highest BCUT2D eigenvalue weighted by atomic mass is 32.2. The first-order valence-corrected chi connectivity index (χ1v) is 10.6. The van der Waals surface area contributed by atoms with Gasteiger partial charge in [-0.1, -0.05) is 17.7 Å². The molecule has 0 aliphatic carbocycles. The average Bonchev–Trinajstić information content (AvgIpc) is 2.97. The lowest BCUT2D eigenvalue weighted by Crippen LogP contribution is -2.39. The summed E-state index contributed by atoms with van der Waals surface area (Å²) in [5.74, 6) is -0.468. The van der Waals surface area contributed by atoms with Crippen LogP contribution in [-0.2, 0) is 16.6 Å². The van der Waals surface area contributed by atoms with Crippen molar-refractivity contribution in [2.24, 2.45) is 0 Å². The zero-order valence-corrected chi connectivity index (χ0v) is 17.4. The smallest absolute Gasteiger partial charge is 0.264 e. The molecule has 3 aromatic rings. The number of hydrogen-bond acceptors (Lipinski definition) is 4. The molecule has 8 heteroatoms. The van der Waals surface area contributed by atoms with Crippen molar-refractivity contribution in [2.75, 3.05) is 10.8 Å². The van der Waals surface area contributed by atoms with Gasteiger partial charge in [0.05, 0.1) is 35.5 Å². The predicted molar refractivity (Wildman–Crippen MR) is 110 cm³/mol. The Labute approximate surface area is 170 Å². The molecule has 154 valence electrons. The van der Waals surface area contributed by atoms with E-state index >= 15 is 0 Å².